The molecule has 0 spiro atoms. The van der Waals surface area contributed by atoms with Crippen molar-refractivity contribution >= 4 is 33.4 Å². The minimum atomic E-state index is -3.52. The Balaban J connectivity index is 2.12. The van der Waals surface area contributed by atoms with Crippen LogP contribution in [0.5, 0.6) is 5.75 Å². The molecule has 7 nitrogen and oxygen atoms in total. The van der Waals surface area contributed by atoms with Crippen molar-refractivity contribution in [3.63, 3.8) is 0 Å². The van der Waals surface area contributed by atoms with Gasteiger partial charge in [-0.3, -0.25) is 4.79 Å². The predicted octanol–water partition coefficient (Wildman–Crippen LogP) is 1.81. The van der Waals surface area contributed by atoms with Gasteiger partial charge in [0.15, 0.2) is 0 Å². The zero-order valence-corrected chi connectivity index (χ0v) is 15.5. The smallest absolute Gasteiger partial charge is 0.281 e. The molecule has 0 saturated carbocycles. The minimum absolute atomic E-state index is 0.162. The number of anilines is 1. The first kappa shape index (κ1) is 19.0. The normalized spacial score (nSPS) is 19.3. The van der Waals surface area contributed by atoms with Gasteiger partial charge in [-0.05, 0) is 31.0 Å². The maximum atomic E-state index is 12.5. The molecule has 24 heavy (non-hydrogen) atoms. The Morgan fingerprint density at radius 1 is 1.42 bits per heavy atom. The molecule has 1 fully saturated rings. The first-order chi connectivity index (χ1) is 11.3. The second-order valence-corrected chi connectivity index (χ2v) is 8.40. The van der Waals surface area contributed by atoms with E-state index in [1.54, 1.807) is 18.2 Å². The molecule has 1 aliphatic rings. The lowest BCUT2D eigenvalue weighted by Gasteiger charge is -2.32. The van der Waals surface area contributed by atoms with Gasteiger partial charge in [0.05, 0.1) is 18.7 Å². The largest absolute Gasteiger partial charge is 0.495 e. The van der Waals surface area contributed by atoms with Crippen molar-refractivity contribution in [1.82, 2.24) is 8.61 Å². The van der Waals surface area contributed by atoms with Crippen molar-refractivity contribution in [1.29, 1.82) is 0 Å². The highest BCUT2D eigenvalue weighted by molar-refractivity contribution is 7.86. The molecule has 0 radical (unpaired) electrons. The molecule has 134 valence electrons. The molecule has 1 aromatic rings. The summed E-state index contributed by atoms with van der Waals surface area (Å²) in [6.45, 7) is 0.583. The molecule has 1 atom stereocenters. The Morgan fingerprint density at radius 2 is 2.12 bits per heavy atom. The maximum Gasteiger partial charge on any atom is 0.281 e. The van der Waals surface area contributed by atoms with Crippen LogP contribution in [0.1, 0.15) is 12.8 Å². The number of ether oxygens (including phenoxy) is 1. The number of amides is 1. The van der Waals surface area contributed by atoms with Gasteiger partial charge in [0, 0.05) is 32.2 Å². The first-order valence-electron chi connectivity index (χ1n) is 7.57. The Hall–Kier alpha value is -1.35. The quantitative estimate of drug-likeness (QED) is 0.851. The van der Waals surface area contributed by atoms with Crippen molar-refractivity contribution in [2.45, 2.75) is 12.8 Å². The van der Waals surface area contributed by atoms with Gasteiger partial charge in [0.25, 0.3) is 10.2 Å². The molecule has 1 N–H and O–H groups in total. The van der Waals surface area contributed by atoms with Crippen LogP contribution in [0.15, 0.2) is 18.2 Å². The minimum Gasteiger partial charge on any atom is -0.495 e. The number of carbonyl (C=O) groups is 1. The molecular weight excluding hydrogens is 354 g/mol. The number of rotatable bonds is 5. The van der Waals surface area contributed by atoms with Crippen LogP contribution in [-0.2, 0) is 15.0 Å². The summed E-state index contributed by atoms with van der Waals surface area (Å²) in [5.74, 6) is -0.160. The van der Waals surface area contributed by atoms with Gasteiger partial charge in [-0.2, -0.15) is 17.0 Å². The van der Waals surface area contributed by atoms with Gasteiger partial charge < -0.3 is 10.1 Å². The second kappa shape index (κ2) is 7.69. The molecule has 1 amide bonds. The van der Waals surface area contributed by atoms with Crippen molar-refractivity contribution in [2.24, 2.45) is 5.92 Å². The van der Waals surface area contributed by atoms with Gasteiger partial charge in [0.2, 0.25) is 5.91 Å². The fourth-order valence-corrected chi connectivity index (χ4v) is 3.97. The van der Waals surface area contributed by atoms with Crippen LogP contribution in [0.3, 0.4) is 0 Å². The second-order valence-electron chi connectivity index (χ2n) is 5.82. The summed E-state index contributed by atoms with van der Waals surface area (Å²) in [6, 6.07) is 4.94. The molecule has 9 heteroatoms. The van der Waals surface area contributed by atoms with Crippen LogP contribution < -0.4 is 10.1 Å². The summed E-state index contributed by atoms with van der Waals surface area (Å²) >= 11 is 5.96. The van der Waals surface area contributed by atoms with Crippen LogP contribution in [0.25, 0.3) is 0 Å². The lowest BCUT2D eigenvalue weighted by molar-refractivity contribution is -0.120. The number of carbonyl (C=O) groups excluding carboxylic acids is 1. The van der Waals surface area contributed by atoms with Crippen molar-refractivity contribution in [2.75, 3.05) is 39.6 Å². The molecule has 1 aliphatic heterocycles. The fourth-order valence-electron chi connectivity index (χ4n) is 2.61. The standard InChI is InChI=1S/C15H22ClN3O4S/c1-18(2)24(21,22)19-8-4-5-11(10-19)15(20)17-13-9-12(16)6-7-14(13)23-3/h6-7,9,11H,4-5,8,10H2,1-3H3,(H,17,20)/t11-/m1/s1. The van der Waals surface area contributed by atoms with Gasteiger partial charge in [-0.15, -0.1) is 0 Å². The average Bonchev–Trinajstić information content (AvgIpc) is 2.55. The third kappa shape index (κ3) is 4.18. The maximum absolute atomic E-state index is 12.5. The van der Waals surface area contributed by atoms with Gasteiger partial charge in [-0.1, -0.05) is 11.6 Å². The number of hydrogen-bond acceptors (Lipinski definition) is 4. The fraction of sp³-hybridized carbons (Fsp3) is 0.533. The van der Waals surface area contributed by atoms with Gasteiger partial charge >= 0.3 is 0 Å². The SMILES string of the molecule is COc1ccc(Cl)cc1NC(=O)[C@@H]1CCCN(S(=O)(=O)N(C)C)C1. The average molecular weight is 376 g/mol. The molecule has 2 rings (SSSR count). The zero-order chi connectivity index (χ0) is 17.9. The number of hydrogen-bond donors (Lipinski definition) is 1. The third-order valence-corrected chi connectivity index (χ3v) is 6.10. The number of nitrogens with zero attached hydrogens (tertiary/aromatic N) is 2. The lowest BCUT2D eigenvalue weighted by Crippen LogP contribution is -2.47. The van der Waals surface area contributed by atoms with Crippen LogP contribution >= 0.6 is 11.6 Å². The Morgan fingerprint density at radius 3 is 2.75 bits per heavy atom. The molecular formula is C15H22ClN3O4S. The summed E-state index contributed by atoms with van der Waals surface area (Å²) < 4.78 is 32.2. The Bertz CT molecular complexity index is 709. The third-order valence-electron chi connectivity index (χ3n) is 3.96. The van der Waals surface area contributed by atoms with E-state index in [9.17, 15) is 13.2 Å². The summed E-state index contributed by atoms with van der Waals surface area (Å²) in [6.07, 6.45) is 1.27. The molecule has 1 heterocycles. The summed E-state index contributed by atoms with van der Waals surface area (Å²) in [5, 5.41) is 3.27. The van der Waals surface area contributed by atoms with Gasteiger partial charge in [0.1, 0.15) is 5.75 Å². The lowest BCUT2D eigenvalue weighted by atomic mass is 9.98. The molecule has 1 saturated heterocycles. The van der Waals surface area contributed by atoms with Crippen molar-refractivity contribution in [3.05, 3.63) is 23.2 Å². The van der Waals surface area contributed by atoms with Crippen LogP contribution in [0, 0.1) is 5.92 Å². The highest BCUT2D eigenvalue weighted by atomic mass is 35.5. The van der Waals surface area contributed by atoms with Crippen molar-refractivity contribution in [3.8, 4) is 5.75 Å². The summed E-state index contributed by atoms with van der Waals surface area (Å²) in [7, 11) is 0.951. The monoisotopic (exact) mass is 375 g/mol. The molecule has 0 bridgehead atoms. The van der Waals surface area contributed by atoms with E-state index in [0.29, 0.717) is 35.8 Å². The van der Waals surface area contributed by atoms with E-state index in [0.717, 1.165) is 4.31 Å². The number of piperidine rings is 1. The molecule has 0 unspecified atom stereocenters. The number of benzene rings is 1. The van der Waals surface area contributed by atoms with E-state index >= 15 is 0 Å². The molecule has 0 aromatic heterocycles. The highest BCUT2D eigenvalue weighted by Crippen LogP contribution is 2.29. The van der Waals surface area contributed by atoms with E-state index in [2.05, 4.69) is 5.32 Å². The summed E-state index contributed by atoms with van der Waals surface area (Å²) in [4.78, 5) is 12.5. The number of halogens is 1. The van der Waals surface area contributed by atoms with E-state index in [1.165, 1.54) is 25.5 Å². The first-order valence-corrected chi connectivity index (χ1v) is 9.35. The topological polar surface area (TPSA) is 79.0 Å². The predicted molar refractivity (Wildman–Crippen MR) is 93.5 cm³/mol. The van der Waals surface area contributed by atoms with E-state index < -0.39 is 16.1 Å². The number of methoxy groups -OCH3 is 1. The van der Waals surface area contributed by atoms with Crippen LogP contribution in [0.4, 0.5) is 5.69 Å². The zero-order valence-electron chi connectivity index (χ0n) is 14.0. The molecule has 0 aliphatic carbocycles. The van der Waals surface area contributed by atoms with Gasteiger partial charge in [-0.25, -0.2) is 0 Å². The Kier molecular flexibility index (Phi) is 6.08. The van der Waals surface area contributed by atoms with Crippen LogP contribution in [0.2, 0.25) is 5.02 Å². The summed E-state index contributed by atoms with van der Waals surface area (Å²) in [5.41, 5.74) is 0.475. The van der Waals surface area contributed by atoms with E-state index in [-0.39, 0.29) is 12.5 Å². The van der Waals surface area contributed by atoms with E-state index in [1.807, 2.05) is 0 Å². The number of nitrogens with one attached hydrogen (secondary N) is 1. The van der Waals surface area contributed by atoms with Crippen LogP contribution in [-0.4, -0.2) is 57.2 Å². The van der Waals surface area contributed by atoms with E-state index in [4.69, 9.17) is 16.3 Å². The molecule has 1 aromatic carbocycles. The van der Waals surface area contributed by atoms with Crippen molar-refractivity contribution < 1.29 is 17.9 Å². The highest BCUT2D eigenvalue weighted by Gasteiger charge is 2.33. The Labute approximate surface area is 147 Å².